The number of aryl methyl sites for hydroxylation is 2. The van der Waals surface area contributed by atoms with Crippen LogP contribution in [0, 0.1) is 13.8 Å². The van der Waals surface area contributed by atoms with E-state index < -0.39 is 0 Å². The summed E-state index contributed by atoms with van der Waals surface area (Å²) in [7, 11) is 0. The number of amides is 1. The van der Waals surface area contributed by atoms with Crippen LogP contribution in [0.3, 0.4) is 0 Å². The first-order chi connectivity index (χ1) is 12.5. The minimum atomic E-state index is -0.307. The number of hydrogen-bond donors (Lipinski definition) is 1. The molecule has 0 spiro atoms. The Hall–Kier alpha value is -2.19. The number of thiazole rings is 1. The summed E-state index contributed by atoms with van der Waals surface area (Å²) in [6.07, 6.45) is 0. The maximum absolute atomic E-state index is 12.4. The normalized spacial score (nSPS) is 12.2. The first-order valence-electron chi connectivity index (χ1n) is 8.38. The maximum atomic E-state index is 12.4. The van der Waals surface area contributed by atoms with Gasteiger partial charge in [-0.25, -0.2) is 4.98 Å². The van der Waals surface area contributed by atoms with Crippen LogP contribution >= 0.6 is 23.1 Å². The molecule has 1 N–H and O–H groups in total. The number of thioether (sulfide) groups is 1. The number of hydrogen-bond acceptors (Lipinski definition) is 6. The monoisotopic (exact) mass is 387 g/mol. The van der Waals surface area contributed by atoms with Crippen molar-refractivity contribution in [1.29, 1.82) is 0 Å². The van der Waals surface area contributed by atoms with Crippen molar-refractivity contribution in [2.24, 2.45) is 0 Å². The van der Waals surface area contributed by atoms with Gasteiger partial charge in [-0.15, -0.1) is 21.5 Å². The van der Waals surface area contributed by atoms with Crippen molar-refractivity contribution in [2.45, 2.75) is 44.6 Å². The molecule has 6 nitrogen and oxygen atoms in total. The first-order valence-corrected chi connectivity index (χ1v) is 10.1. The third-order valence-electron chi connectivity index (χ3n) is 3.92. The lowest BCUT2D eigenvalue weighted by atomic mass is 10.1. The molecule has 26 heavy (non-hydrogen) atoms. The minimum absolute atomic E-state index is 0.0903. The number of anilines is 1. The molecule has 0 unspecified atom stereocenters. The fourth-order valence-electron chi connectivity index (χ4n) is 2.51. The van der Waals surface area contributed by atoms with Crippen LogP contribution in [-0.2, 0) is 11.3 Å². The molecule has 2 aromatic heterocycles. The van der Waals surface area contributed by atoms with Gasteiger partial charge in [-0.1, -0.05) is 36.0 Å². The molecule has 2 heterocycles. The zero-order valence-electron chi connectivity index (χ0n) is 15.2. The van der Waals surface area contributed by atoms with E-state index >= 15 is 0 Å². The first kappa shape index (κ1) is 18.6. The Balaban J connectivity index is 1.77. The number of carbonyl (C=O) groups is 1. The molecule has 1 atom stereocenters. The Morgan fingerprint density at radius 2 is 2.08 bits per heavy atom. The second-order valence-electron chi connectivity index (χ2n) is 5.91. The summed E-state index contributed by atoms with van der Waals surface area (Å²) >= 11 is 2.83. The van der Waals surface area contributed by atoms with Crippen LogP contribution in [0.2, 0.25) is 0 Å². The smallest absolute Gasteiger partial charge is 0.239 e. The topological polar surface area (TPSA) is 72.7 Å². The van der Waals surface area contributed by atoms with Gasteiger partial charge in [-0.05, 0) is 33.3 Å². The zero-order valence-corrected chi connectivity index (χ0v) is 16.8. The van der Waals surface area contributed by atoms with Gasteiger partial charge in [-0.2, -0.15) is 0 Å². The molecule has 0 fully saturated rings. The highest BCUT2D eigenvalue weighted by Crippen LogP contribution is 2.29. The third kappa shape index (κ3) is 3.96. The highest BCUT2D eigenvalue weighted by atomic mass is 32.2. The third-order valence-corrected chi connectivity index (χ3v) is 5.88. The lowest BCUT2D eigenvalue weighted by molar-refractivity contribution is -0.115. The van der Waals surface area contributed by atoms with Gasteiger partial charge in [0.25, 0.3) is 0 Å². The number of carbonyl (C=O) groups excluding carboxylic acids is 1. The van der Waals surface area contributed by atoms with Gasteiger partial charge in [0.05, 0.1) is 10.9 Å². The van der Waals surface area contributed by atoms with Crippen molar-refractivity contribution in [1.82, 2.24) is 19.7 Å². The molecule has 3 aromatic rings. The number of nitrogens with one attached hydrogen (secondary N) is 1. The molecule has 0 aliphatic rings. The largest absolute Gasteiger partial charge is 0.302 e. The average Bonchev–Trinajstić information content (AvgIpc) is 3.21. The molecule has 1 amide bonds. The van der Waals surface area contributed by atoms with Gasteiger partial charge in [0.2, 0.25) is 5.91 Å². The molecular weight excluding hydrogens is 366 g/mol. The molecule has 0 aliphatic heterocycles. The molecular formula is C18H21N5OS2. The Labute approximate surface area is 161 Å². The molecule has 8 heteroatoms. The van der Waals surface area contributed by atoms with Crippen LogP contribution in [0.4, 0.5) is 5.13 Å². The van der Waals surface area contributed by atoms with Crippen molar-refractivity contribution in [3.8, 4) is 11.4 Å². The van der Waals surface area contributed by atoms with Gasteiger partial charge >= 0.3 is 0 Å². The van der Waals surface area contributed by atoms with E-state index in [0.29, 0.717) is 5.13 Å². The summed E-state index contributed by atoms with van der Waals surface area (Å²) < 4.78 is 2.05. The summed E-state index contributed by atoms with van der Waals surface area (Å²) in [5, 5.41) is 14.5. The van der Waals surface area contributed by atoms with Gasteiger partial charge in [0.1, 0.15) is 0 Å². The number of benzene rings is 1. The maximum Gasteiger partial charge on any atom is 0.239 e. The van der Waals surface area contributed by atoms with Gasteiger partial charge < -0.3 is 9.88 Å². The fraction of sp³-hybridized carbons (Fsp3) is 0.333. The molecule has 0 aliphatic carbocycles. The highest BCUT2D eigenvalue weighted by Gasteiger charge is 2.21. The van der Waals surface area contributed by atoms with E-state index in [2.05, 4.69) is 40.4 Å². The summed E-state index contributed by atoms with van der Waals surface area (Å²) in [5.74, 6) is 0.740. The van der Waals surface area contributed by atoms with E-state index in [-0.39, 0.29) is 11.2 Å². The summed E-state index contributed by atoms with van der Waals surface area (Å²) in [6, 6.07) is 8.10. The molecule has 3 rings (SSSR count). The van der Waals surface area contributed by atoms with Gasteiger partial charge in [0.15, 0.2) is 16.1 Å². The van der Waals surface area contributed by atoms with E-state index in [1.54, 1.807) is 0 Å². The van der Waals surface area contributed by atoms with Crippen molar-refractivity contribution in [2.75, 3.05) is 5.32 Å². The van der Waals surface area contributed by atoms with Crippen LogP contribution in [0.1, 0.15) is 25.1 Å². The number of aromatic nitrogens is 4. The summed E-state index contributed by atoms with van der Waals surface area (Å²) in [5.41, 5.74) is 3.11. The quantitative estimate of drug-likeness (QED) is 0.643. The van der Waals surface area contributed by atoms with Crippen molar-refractivity contribution >= 4 is 34.1 Å². The second-order valence-corrected chi connectivity index (χ2v) is 8.07. The molecule has 136 valence electrons. The fourth-order valence-corrected chi connectivity index (χ4v) is 4.12. The summed E-state index contributed by atoms with van der Waals surface area (Å²) in [4.78, 5) is 16.7. The molecule has 1 aromatic carbocycles. The second kappa shape index (κ2) is 8.01. The zero-order chi connectivity index (χ0) is 18.7. The van der Waals surface area contributed by atoms with E-state index in [1.165, 1.54) is 23.1 Å². The van der Waals surface area contributed by atoms with E-state index in [0.717, 1.165) is 34.3 Å². The predicted molar refractivity (Wildman–Crippen MR) is 107 cm³/mol. The van der Waals surface area contributed by atoms with Crippen molar-refractivity contribution in [3.05, 3.63) is 40.9 Å². The van der Waals surface area contributed by atoms with E-state index in [1.807, 2.05) is 42.0 Å². The molecule has 0 saturated heterocycles. The van der Waals surface area contributed by atoms with Crippen molar-refractivity contribution in [3.63, 3.8) is 0 Å². The Kier molecular flexibility index (Phi) is 5.73. The van der Waals surface area contributed by atoms with Crippen molar-refractivity contribution < 1.29 is 4.79 Å². The Morgan fingerprint density at radius 3 is 2.73 bits per heavy atom. The van der Waals surface area contributed by atoms with Crippen LogP contribution in [0.5, 0.6) is 0 Å². The number of rotatable bonds is 6. The molecule has 0 radical (unpaired) electrons. The van der Waals surface area contributed by atoms with E-state index in [4.69, 9.17) is 0 Å². The molecule has 0 bridgehead atoms. The van der Waals surface area contributed by atoms with Crippen LogP contribution in [0.15, 0.2) is 34.8 Å². The van der Waals surface area contributed by atoms with Gasteiger partial charge in [0, 0.05) is 17.5 Å². The van der Waals surface area contributed by atoms with Gasteiger partial charge in [-0.3, -0.25) is 4.79 Å². The van der Waals surface area contributed by atoms with Crippen LogP contribution in [0.25, 0.3) is 11.4 Å². The Bertz CT molecular complexity index is 918. The lowest BCUT2D eigenvalue weighted by Gasteiger charge is -2.12. The lowest BCUT2D eigenvalue weighted by Crippen LogP contribution is -2.22. The Morgan fingerprint density at radius 1 is 1.31 bits per heavy atom. The van der Waals surface area contributed by atoms with Crippen LogP contribution in [-0.4, -0.2) is 30.9 Å². The standard InChI is InChI=1S/C18H21N5OS2/c1-5-23-15(14-9-7-6-8-11(14)2)21-22-18(23)26-13(4)16(24)20-17-19-12(3)10-25-17/h6-10,13H,5H2,1-4H3,(H,19,20,24)/t13-/m0/s1. The van der Waals surface area contributed by atoms with Crippen LogP contribution < -0.4 is 5.32 Å². The minimum Gasteiger partial charge on any atom is -0.302 e. The highest BCUT2D eigenvalue weighted by molar-refractivity contribution is 8.00. The summed E-state index contributed by atoms with van der Waals surface area (Å²) in [6.45, 7) is 8.62. The SMILES string of the molecule is CCn1c(S[C@@H](C)C(=O)Nc2nc(C)cs2)nnc1-c1ccccc1C. The molecule has 0 saturated carbocycles. The van der Waals surface area contributed by atoms with E-state index in [9.17, 15) is 4.79 Å². The predicted octanol–water partition coefficient (Wildman–Crippen LogP) is 4.16. The average molecular weight is 388 g/mol. The number of nitrogens with zero attached hydrogens (tertiary/aromatic N) is 4.